The minimum absolute atomic E-state index is 0.0743. The van der Waals surface area contributed by atoms with Crippen LogP contribution in [0.1, 0.15) is 6.92 Å². The van der Waals surface area contributed by atoms with Crippen LogP contribution in [-0.2, 0) is 4.79 Å². The van der Waals surface area contributed by atoms with E-state index in [1.54, 1.807) is 24.0 Å². The highest BCUT2D eigenvalue weighted by Crippen LogP contribution is 2.17. The minimum Gasteiger partial charge on any atom is -0.339 e. The van der Waals surface area contributed by atoms with Crippen LogP contribution in [0.2, 0.25) is 0 Å². The number of piperazine rings is 1. The van der Waals surface area contributed by atoms with Crippen LogP contribution in [0.4, 0.5) is 21.8 Å². The maximum Gasteiger partial charge on any atom is 0.247 e. The van der Waals surface area contributed by atoms with E-state index in [4.69, 9.17) is 0 Å². The Labute approximate surface area is 133 Å². The van der Waals surface area contributed by atoms with Gasteiger partial charge in [0, 0.05) is 38.8 Å². The van der Waals surface area contributed by atoms with Gasteiger partial charge in [0.1, 0.15) is 5.82 Å². The number of rotatable bonds is 3. The van der Waals surface area contributed by atoms with E-state index < -0.39 is 0 Å². The molecule has 1 saturated heterocycles. The summed E-state index contributed by atoms with van der Waals surface area (Å²) in [4.78, 5) is 19.5. The van der Waals surface area contributed by atoms with E-state index in [1.165, 1.54) is 18.3 Å². The first-order valence-electron chi connectivity index (χ1n) is 7.34. The number of nitrogens with one attached hydrogen (secondary N) is 1. The maximum absolute atomic E-state index is 13.2. The summed E-state index contributed by atoms with van der Waals surface area (Å²) in [6, 6.07) is 6.13. The summed E-state index contributed by atoms with van der Waals surface area (Å²) in [7, 11) is 0. The number of amides is 1. The fourth-order valence-electron chi connectivity index (χ4n) is 2.42. The van der Waals surface area contributed by atoms with Crippen molar-refractivity contribution in [2.75, 3.05) is 36.4 Å². The molecule has 1 aliphatic rings. The zero-order valence-corrected chi connectivity index (χ0v) is 12.7. The van der Waals surface area contributed by atoms with E-state index in [0.717, 1.165) is 0 Å². The number of anilines is 3. The SMILES string of the molecule is CC(=O)N1CCN(c2nncc(Nc3cccc(F)c3)n2)CC1. The second-order valence-corrected chi connectivity index (χ2v) is 5.27. The molecule has 0 unspecified atom stereocenters. The topological polar surface area (TPSA) is 74.2 Å². The number of halogens is 1. The molecule has 0 radical (unpaired) electrons. The smallest absolute Gasteiger partial charge is 0.247 e. The van der Waals surface area contributed by atoms with Crippen molar-refractivity contribution in [3.63, 3.8) is 0 Å². The molecule has 1 aromatic carbocycles. The number of carbonyl (C=O) groups excluding carboxylic acids is 1. The Kier molecular flexibility index (Phi) is 4.31. The van der Waals surface area contributed by atoms with Gasteiger partial charge in [0.2, 0.25) is 11.9 Å². The van der Waals surface area contributed by atoms with Crippen LogP contribution >= 0.6 is 0 Å². The summed E-state index contributed by atoms with van der Waals surface area (Å²) in [5.74, 6) is 0.743. The largest absolute Gasteiger partial charge is 0.339 e. The second kappa shape index (κ2) is 6.55. The normalized spacial score (nSPS) is 14.7. The predicted octanol–water partition coefficient (Wildman–Crippen LogP) is 1.42. The summed E-state index contributed by atoms with van der Waals surface area (Å²) >= 11 is 0. The Hall–Kier alpha value is -2.77. The summed E-state index contributed by atoms with van der Waals surface area (Å²) in [5.41, 5.74) is 0.595. The first-order valence-corrected chi connectivity index (χ1v) is 7.34. The number of hydrogen-bond acceptors (Lipinski definition) is 6. The van der Waals surface area contributed by atoms with Gasteiger partial charge in [0.15, 0.2) is 5.82 Å². The van der Waals surface area contributed by atoms with Gasteiger partial charge in [0.05, 0.1) is 6.20 Å². The Morgan fingerprint density at radius 1 is 1.26 bits per heavy atom. The molecule has 23 heavy (non-hydrogen) atoms. The molecule has 1 aromatic heterocycles. The molecular weight excluding hydrogens is 299 g/mol. The molecule has 0 atom stereocenters. The maximum atomic E-state index is 13.2. The molecule has 0 spiro atoms. The molecule has 0 saturated carbocycles. The first-order chi connectivity index (χ1) is 11.1. The monoisotopic (exact) mass is 316 g/mol. The third kappa shape index (κ3) is 3.71. The fourth-order valence-corrected chi connectivity index (χ4v) is 2.42. The van der Waals surface area contributed by atoms with Gasteiger partial charge in [-0.2, -0.15) is 10.1 Å². The second-order valence-electron chi connectivity index (χ2n) is 5.27. The van der Waals surface area contributed by atoms with Crippen LogP contribution in [-0.4, -0.2) is 52.2 Å². The molecule has 8 heteroatoms. The van der Waals surface area contributed by atoms with Crippen molar-refractivity contribution in [3.8, 4) is 0 Å². The van der Waals surface area contributed by atoms with Crippen LogP contribution in [0.5, 0.6) is 0 Å². The Morgan fingerprint density at radius 2 is 2.04 bits per heavy atom. The van der Waals surface area contributed by atoms with Crippen LogP contribution in [0.3, 0.4) is 0 Å². The minimum atomic E-state index is -0.322. The van der Waals surface area contributed by atoms with Crippen LogP contribution in [0.15, 0.2) is 30.5 Å². The van der Waals surface area contributed by atoms with Crippen LogP contribution in [0, 0.1) is 5.82 Å². The van der Waals surface area contributed by atoms with Gasteiger partial charge in [-0.15, -0.1) is 5.10 Å². The average Bonchev–Trinajstić information content (AvgIpc) is 2.55. The van der Waals surface area contributed by atoms with Crippen molar-refractivity contribution in [2.24, 2.45) is 0 Å². The molecule has 0 bridgehead atoms. The quantitative estimate of drug-likeness (QED) is 0.923. The van der Waals surface area contributed by atoms with E-state index in [0.29, 0.717) is 43.6 Å². The molecule has 2 aromatic rings. The number of nitrogens with zero attached hydrogens (tertiary/aromatic N) is 5. The summed E-state index contributed by atoms with van der Waals surface area (Å²) in [6.45, 7) is 4.16. The van der Waals surface area contributed by atoms with Crippen molar-refractivity contribution in [2.45, 2.75) is 6.92 Å². The van der Waals surface area contributed by atoms with Crippen molar-refractivity contribution >= 4 is 23.4 Å². The highest BCUT2D eigenvalue weighted by Gasteiger charge is 2.20. The molecule has 1 aliphatic heterocycles. The Bertz CT molecular complexity index is 702. The van der Waals surface area contributed by atoms with Crippen molar-refractivity contribution in [3.05, 3.63) is 36.3 Å². The zero-order valence-electron chi connectivity index (χ0n) is 12.7. The van der Waals surface area contributed by atoms with Crippen LogP contribution < -0.4 is 10.2 Å². The Morgan fingerprint density at radius 3 is 2.74 bits per heavy atom. The van der Waals surface area contributed by atoms with Gasteiger partial charge in [-0.25, -0.2) is 4.39 Å². The van der Waals surface area contributed by atoms with E-state index in [2.05, 4.69) is 20.5 Å². The molecular formula is C15H17FN6O. The molecule has 7 nitrogen and oxygen atoms in total. The average molecular weight is 316 g/mol. The standard InChI is InChI=1S/C15H17FN6O/c1-11(23)21-5-7-22(8-6-21)15-19-14(10-17-20-15)18-13-4-2-3-12(16)9-13/h2-4,9-10H,5-8H2,1H3,(H,18,19,20). The number of carbonyl (C=O) groups is 1. The molecule has 1 fully saturated rings. The lowest BCUT2D eigenvalue weighted by molar-refractivity contribution is -0.129. The lowest BCUT2D eigenvalue weighted by Gasteiger charge is -2.33. The zero-order chi connectivity index (χ0) is 16.2. The van der Waals surface area contributed by atoms with Crippen LogP contribution in [0.25, 0.3) is 0 Å². The van der Waals surface area contributed by atoms with E-state index in [-0.39, 0.29) is 11.7 Å². The van der Waals surface area contributed by atoms with Gasteiger partial charge >= 0.3 is 0 Å². The van der Waals surface area contributed by atoms with Gasteiger partial charge < -0.3 is 15.1 Å². The molecule has 1 N–H and O–H groups in total. The van der Waals surface area contributed by atoms with Crippen molar-refractivity contribution < 1.29 is 9.18 Å². The summed E-state index contributed by atoms with van der Waals surface area (Å²) < 4.78 is 13.2. The number of aromatic nitrogens is 3. The lowest BCUT2D eigenvalue weighted by Crippen LogP contribution is -2.48. The van der Waals surface area contributed by atoms with Gasteiger partial charge in [0.25, 0.3) is 0 Å². The predicted molar refractivity (Wildman–Crippen MR) is 84.0 cm³/mol. The fraction of sp³-hybridized carbons (Fsp3) is 0.333. The van der Waals surface area contributed by atoms with E-state index in [9.17, 15) is 9.18 Å². The Balaban J connectivity index is 1.69. The molecule has 1 amide bonds. The van der Waals surface area contributed by atoms with Crippen molar-refractivity contribution in [1.82, 2.24) is 20.1 Å². The highest BCUT2D eigenvalue weighted by atomic mass is 19.1. The van der Waals surface area contributed by atoms with E-state index in [1.807, 2.05) is 4.90 Å². The number of hydrogen-bond donors (Lipinski definition) is 1. The molecule has 2 heterocycles. The molecule has 120 valence electrons. The summed E-state index contributed by atoms with van der Waals surface area (Å²) in [5, 5.41) is 11.0. The van der Waals surface area contributed by atoms with Gasteiger partial charge in [-0.1, -0.05) is 6.07 Å². The molecule has 0 aliphatic carbocycles. The third-order valence-corrected chi connectivity index (χ3v) is 3.65. The van der Waals surface area contributed by atoms with Gasteiger partial charge in [-0.3, -0.25) is 4.79 Å². The van der Waals surface area contributed by atoms with Gasteiger partial charge in [-0.05, 0) is 18.2 Å². The third-order valence-electron chi connectivity index (χ3n) is 3.65. The molecule has 3 rings (SSSR count). The highest BCUT2D eigenvalue weighted by molar-refractivity contribution is 5.73. The lowest BCUT2D eigenvalue weighted by atomic mass is 10.3. The first kappa shape index (κ1) is 15.1. The van der Waals surface area contributed by atoms with Crippen molar-refractivity contribution in [1.29, 1.82) is 0 Å². The van der Waals surface area contributed by atoms with E-state index >= 15 is 0 Å². The number of benzene rings is 1. The summed E-state index contributed by atoms with van der Waals surface area (Å²) in [6.07, 6.45) is 1.49.